The van der Waals surface area contributed by atoms with Crippen LogP contribution >= 0.6 is 0 Å². The summed E-state index contributed by atoms with van der Waals surface area (Å²) < 4.78 is 0. The van der Waals surface area contributed by atoms with Crippen LogP contribution in [0, 0.1) is 5.92 Å². The zero-order valence-electron chi connectivity index (χ0n) is 7.70. The Balaban J connectivity index is 2.00. The molecule has 4 nitrogen and oxygen atoms in total. The first-order chi connectivity index (χ1) is 6.25. The molecule has 0 bridgehead atoms. The van der Waals surface area contributed by atoms with E-state index in [1.807, 2.05) is 6.07 Å². The van der Waals surface area contributed by atoms with Gasteiger partial charge in [0.2, 0.25) is 5.95 Å². The minimum atomic E-state index is 0.327. The average molecular weight is 178 g/mol. The van der Waals surface area contributed by atoms with Crippen molar-refractivity contribution in [3.8, 4) is 0 Å². The summed E-state index contributed by atoms with van der Waals surface area (Å²) in [4.78, 5) is 7.91. The molecule has 70 valence electrons. The number of nitrogen functional groups attached to an aromatic ring is 1. The molecule has 0 radical (unpaired) electrons. The maximum Gasteiger partial charge on any atom is 0.221 e. The third-order valence-corrected chi connectivity index (χ3v) is 2.38. The fraction of sp³-hybridized carbons (Fsp3) is 0.556. The molecule has 2 rings (SSSR count). The van der Waals surface area contributed by atoms with Gasteiger partial charge in [-0.3, -0.25) is 0 Å². The number of nitrogens with two attached hydrogens (primary N) is 1. The number of aromatic nitrogens is 2. The van der Waals surface area contributed by atoms with Gasteiger partial charge in [0.05, 0.1) is 0 Å². The van der Waals surface area contributed by atoms with Gasteiger partial charge in [0.15, 0.2) is 0 Å². The van der Waals surface area contributed by atoms with Gasteiger partial charge in [-0.2, -0.15) is 4.98 Å². The van der Waals surface area contributed by atoms with Crippen molar-refractivity contribution in [3.63, 3.8) is 0 Å². The van der Waals surface area contributed by atoms with Crippen molar-refractivity contribution in [3.05, 3.63) is 12.3 Å². The molecule has 4 heteroatoms. The van der Waals surface area contributed by atoms with Crippen LogP contribution in [0.25, 0.3) is 0 Å². The largest absolute Gasteiger partial charge is 0.368 e. The molecule has 1 aliphatic carbocycles. The lowest BCUT2D eigenvalue weighted by molar-refractivity contribution is 0.690. The Hall–Kier alpha value is -1.32. The van der Waals surface area contributed by atoms with Gasteiger partial charge in [-0.15, -0.1) is 0 Å². The second-order valence-electron chi connectivity index (χ2n) is 3.57. The minimum Gasteiger partial charge on any atom is -0.368 e. The normalized spacial score (nSPS) is 18.2. The second-order valence-corrected chi connectivity index (χ2v) is 3.57. The van der Waals surface area contributed by atoms with Gasteiger partial charge in [-0.1, -0.05) is 0 Å². The van der Waals surface area contributed by atoms with Gasteiger partial charge >= 0.3 is 0 Å². The number of anilines is 2. The van der Waals surface area contributed by atoms with Gasteiger partial charge in [0.1, 0.15) is 5.82 Å². The first-order valence-electron chi connectivity index (χ1n) is 4.61. The van der Waals surface area contributed by atoms with Gasteiger partial charge in [-0.05, 0) is 31.7 Å². The maximum atomic E-state index is 5.46. The molecule has 0 amide bonds. The highest BCUT2D eigenvalue weighted by atomic mass is 15.1. The second kappa shape index (κ2) is 3.20. The van der Waals surface area contributed by atoms with E-state index in [4.69, 9.17) is 5.73 Å². The number of nitrogens with one attached hydrogen (secondary N) is 1. The quantitative estimate of drug-likeness (QED) is 0.731. The third kappa shape index (κ3) is 2.08. The molecule has 0 saturated heterocycles. The maximum absolute atomic E-state index is 5.46. The zero-order chi connectivity index (χ0) is 9.26. The number of nitrogens with zero attached hydrogens (tertiary/aromatic N) is 2. The third-order valence-electron chi connectivity index (χ3n) is 2.38. The van der Waals surface area contributed by atoms with Gasteiger partial charge < -0.3 is 11.1 Å². The van der Waals surface area contributed by atoms with Crippen LogP contribution in [0.3, 0.4) is 0 Å². The number of hydrogen-bond acceptors (Lipinski definition) is 4. The van der Waals surface area contributed by atoms with Crippen LogP contribution < -0.4 is 11.1 Å². The van der Waals surface area contributed by atoms with Crippen molar-refractivity contribution in [2.75, 3.05) is 11.1 Å². The summed E-state index contributed by atoms with van der Waals surface area (Å²) in [6.45, 7) is 2.18. The molecule has 13 heavy (non-hydrogen) atoms. The molecule has 1 unspecified atom stereocenters. The highest BCUT2D eigenvalue weighted by Crippen LogP contribution is 2.33. The van der Waals surface area contributed by atoms with Crippen molar-refractivity contribution in [1.82, 2.24) is 9.97 Å². The molecule has 1 aromatic heterocycles. The Morgan fingerprint density at radius 1 is 1.62 bits per heavy atom. The summed E-state index contributed by atoms with van der Waals surface area (Å²) in [7, 11) is 0. The summed E-state index contributed by atoms with van der Waals surface area (Å²) >= 11 is 0. The van der Waals surface area contributed by atoms with E-state index in [9.17, 15) is 0 Å². The molecule has 1 atom stereocenters. The molecular weight excluding hydrogens is 164 g/mol. The van der Waals surface area contributed by atoms with E-state index in [1.54, 1.807) is 6.20 Å². The Bertz CT molecular complexity index is 295. The van der Waals surface area contributed by atoms with Crippen LogP contribution in [-0.4, -0.2) is 16.0 Å². The molecule has 1 heterocycles. The molecule has 0 aliphatic heterocycles. The van der Waals surface area contributed by atoms with E-state index in [-0.39, 0.29) is 0 Å². The SMILES string of the molecule is CC(Nc1ccnc(N)n1)C1CC1. The van der Waals surface area contributed by atoms with E-state index < -0.39 is 0 Å². The molecule has 1 aliphatic rings. The standard InChI is InChI=1S/C9H14N4/c1-6(7-2-3-7)12-8-4-5-11-9(10)13-8/h4-7H,2-3H2,1H3,(H3,10,11,12,13). The Morgan fingerprint density at radius 2 is 2.38 bits per heavy atom. The Kier molecular flexibility index (Phi) is 2.04. The van der Waals surface area contributed by atoms with Crippen LogP contribution in [0.5, 0.6) is 0 Å². The Morgan fingerprint density at radius 3 is 3.00 bits per heavy atom. The first-order valence-corrected chi connectivity index (χ1v) is 4.61. The number of hydrogen-bond donors (Lipinski definition) is 2. The fourth-order valence-electron chi connectivity index (χ4n) is 1.40. The van der Waals surface area contributed by atoms with Crippen molar-refractivity contribution in [2.24, 2.45) is 5.92 Å². The monoisotopic (exact) mass is 178 g/mol. The summed E-state index contributed by atoms with van der Waals surface area (Å²) in [6, 6.07) is 2.34. The molecule has 3 N–H and O–H groups in total. The predicted octanol–water partition coefficient (Wildman–Crippen LogP) is 1.27. The first kappa shape index (κ1) is 8.29. The van der Waals surface area contributed by atoms with E-state index in [0.29, 0.717) is 12.0 Å². The predicted molar refractivity (Wildman–Crippen MR) is 52.3 cm³/mol. The van der Waals surface area contributed by atoms with E-state index in [1.165, 1.54) is 12.8 Å². The topological polar surface area (TPSA) is 63.8 Å². The highest BCUT2D eigenvalue weighted by Gasteiger charge is 2.27. The van der Waals surface area contributed by atoms with Crippen molar-refractivity contribution in [2.45, 2.75) is 25.8 Å². The van der Waals surface area contributed by atoms with E-state index in [0.717, 1.165) is 11.7 Å². The fourth-order valence-corrected chi connectivity index (χ4v) is 1.40. The van der Waals surface area contributed by atoms with E-state index >= 15 is 0 Å². The van der Waals surface area contributed by atoms with Crippen LogP contribution in [0.15, 0.2) is 12.3 Å². The average Bonchev–Trinajstić information content (AvgIpc) is 2.85. The van der Waals surface area contributed by atoms with Gasteiger partial charge in [0, 0.05) is 12.2 Å². The lowest BCUT2D eigenvalue weighted by Crippen LogP contribution is -2.18. The lowest BCUT2D eigenvalue weighted by atomic mass is 10.2. The number of rotatable bonds is 3. The summed E-state index contributed by atoms with van der Waals surface area (Å²) in [5.74, 6) is 1.97. The summed E-state index contributed by atoms with van der Waals surface area (Å²) in [6.07, 6.45) is 4.33. The van der Waals surface area contributed by atoms with Crippen molar-refractivity contribution < 1.29 is 0 Å². The van der Waals surface area contributed by atoms with Crippen LogP contribution in [0.4, 0.5) is 11.8 Å². The molecule has 1 saturated carbocycles. The van der Waals surface area contributed by atoms with Gasteiger partial charge in [0.25, 0.3) is 0 Å². The minimum absolute atomic E-state index is 0.327. The molecule has 0 spiro atoms. The molecule has 1 aromatic rings. The Labute approximate surface area is 77.6 Å². The summed E-state index contributed by atoms with van der Waals surface area (Å²) in [5, 5.41) is 3.31. The van der Waals surface area contributed by atoms with Gasteiger partial charge in [-0.25, -0.2) is 4.98 Å². The smallest absolute Gasteiger partial charge is 0.221 e. The van der Waals surface area contributed by atoms with Crippen LogP contribution in [0.1, 0.15) is 19.8 Å². The van der Waals surface area contributed by atoms with Crippen molar-refractivity contribution in [1.29, 1.82) is 0 Å². The van der Waals surface area contributed by atoms with Crippen LogP contribution in [0.2, 0.25) is 0 Å². The molecular formula is C9H14N4. The van der Waals surface area contributed by atoms with Crippen molar-refractivity contribution >= 4 is 11.8 Å². The van der Waals surface area contributed by atoms with Crippen LogP contribution in [-0.2, 0) is 0 Å². The zero-order valence-corrected chi connectivity index (χ0v) is 7.70. The summed E-state index contributed by atoms with van der Waals surface area (Å²) in [5.41, 5.74) is 5.46. The highest BCUT2D eigenvalue weighted by molar-refractivity contribution is 5.38. The molecule has 0 aromatic carbocycles. The van der Waals surface area contributed by atoms with E-state index in [2.05, 4.69) is 22.2 Å². The molecule has 1 fully saturated rings. The lowest BCUT2D eigenvalue weighted by Gasteiger charge is -2.12.